The molecule has 10 aromatic rings. The van der Waals surface area contributed by atoms with Crippen LogP contribution in [0.15, 0.2) is 140 Å². The number of aromatic nitrogens is 2. The Balaban J connectivity index is 1.26. The minimum Gasteiger partial charge on any atom is -0.310 e. The predicted octanol–water partition coefficient (Wildman–Crippen LogP) is 15.7. The minimum atomic E-state index is -0.571. The number of hydrogen-bond acceptors (Lipinski definition) is 0. The molecule has 72 heavy (non-hydrogen) atoms. The first kappa shape index (κ1) is 44.2. The second-order valence-corrected chi connectivity index (χ2v) is 27.4. The monoisotopic (exact) mass is 935 g/mol. The Kier molecular flexibility index (Phi) is 8.79. The lowest BCUT2D eigenvalue weighted by Crippen LogP contribution is -2.61. The molecule has 0 fully saturated rings. The van der Waals surface area contributed by atoms with E-state index in [1.165, 1.54) is 138 Å². The molecule has 1 spiro atoms. The molecule has 2 nitrogen and oxygen atoms in total. The van der Waals surface area contributed by atoms with E-state index in [4.69, 9.17) is 0 Å². The summed E-state index contributed by atoms with van der Waals surface area (Å²) in [6.45, 7) is 28.8. The van der Waals surface area contributed by atoms with Crippen molar-refractivity contribution in [3.63, 3.8) is 0 Å². The lowest BCUT2D eigenvalue weighted by Gasteiger charge is -2.45. The number of fused-ring (bicyclic) bond motifs is 14. The summed E-state index contributed by atoms with van der Waals surface area (Å²) in [6, 6.07) is 56.3. The highest BCUT2D eigenvalue weighted by atomic mass is 15.1. The van der Waals surface area contributed by atoms with Crippen molar-refractivity contribution < 1.29 is 0 Å². The van der Waals surface area contributed by atoms with Crippen molar-refractivity contribution in [2.45, 2.75) is 114 Å². The van der Waals surface area contributed by atoms with Crippen molar-refractivity contribution in [1.29, 1.82) is 0 Å². The summed E-state index contributed by atoms with van der Waals surface area (Å²) in [7, 11) is 0. The van der Waals surface area contributed by atoms with Crippen LogP contribution in [0.2, 0.25) is 0 Å². The molecular weight excluding hydrogens is 868 g/mol. The van der Waals surface area contributed by atoms with Gasteiger partial charge in [0.2, 0.25) is 0 Å². The van der Waals surface area contributed by atoms with E-state index >= 15 is 0 Å². The SMILES string of the molecule is CC(C)(C)Cc1ccc2c(c1)c1cc(CC(C)(C)C)cc3c1n2-c1c(-c2ccccc2)cc2c4c1B3c1cc(CC(C)(C)C)cc3c5cc(CC(C)(C)C)cc(c5n-4c13)C21c2ccccc2-c2ccccc21. The van der Waals surface area contributed by atoms with Gasteiger partial charge in [-0.2, -0.15) is 0 Å². The molecule has 0 amide bonds. The summed E-state index contributed by atoms with van der Waals surface area (Å²) in [5.74, 6) is 0. The predicted molar refractivity (Wildman–Crippen MR) is 309 cm³/mol. The second-order valence-electron chi connectivity index (χ2n) is 27.4. The van der Waals surface area contributed by atoms with Crippen LogP contribution in [0, 0.1) is 21.7 Å². The van der Waals surface area contributed by atoms with Crippen molar-refractivity contribution in [2.75, 3.05) is 0 Å². The molecule has 14 rings (SSSR count). The van der Waals surface area contributed by atoms with Gasteiger partial charge in [-0.25, -0.2) is 0 Å². The average Bonchev–Trinajstić information content (AvgIpc) is 3.91. The summed E-state index contributed by atoms with van der Waals surface area (Å²) >= 11 is 0. The van der Waals surface area contributed by atoms with E-state index in [1.54, 1.807) is 0 Å². The zero-order valence-corrected chi connectivity index (χ0v) is 44.6. The molecule has 1 aliphatic carbocycles. The zero-order chi connectivity index (χ0) is 49.8. The maximum absolute atomic E-state index is 2.82. The molecule has 0 unspecified atom stereocenters. The summed E-state index contributed by atoms with van der Waals surface area (Å²) in [6.07, 6.45) is 4.02. The molecule has 356 valence electrons. The van der Waals surface area contributed by atoms with E-state index in [2.05, 4.69) is 232 Å². The molecule has 0 saturated carbocycles. The van der Waals surface area contributed by atoms with E-state index < -0.39 is 5.41 Å². The maximum atomic E-state index is 2.82. The molecule has 5 heterocycles. The summed E-state index contributed by atoms with van der Waals surface area (Å²) in [5.41, 5.74) is 29.0. The van der Waals surface area contributed by atoms with Crippen molar-refractivity contribution in [3.05, 3.63) is 184 Å². The van der Waals surface area contributed by atoms with Crippen LogP contribution in [0.3, 0.4) is 0 Å². The van der Waals surface area contributed by atoms with Crippen LogP contribution in [-0.4, -0.2) is 15.8 Å². The highest BCUT2D eigenvalue weighted by Crippen LogP contribution is 2.62. The van der Waals surface area contributed by atoms with Crippen molar-refractivity contribution in [2.24, 2.45) is 21.7 Å². The number of hydrogen-bond donors (Lipinski definition) is 0. The lowest BCUT2D eigenvalue weighted by atomic mass is 9.33. The van der Waals surface area contributed by atoms with Crippen LogP contribution in [0.25, 0.3) is 77.2 Å². The first-order chi connectivity index (χ1) is 34.2. The molecule has 0 radical (unpaired) electrons. The molecule has 3 aliphatic heterocycles. The van der Waals surface area contributed by atoms with Gasteiger partial charge in [-0.3, -0.25) is 0 Å². The lowest BCUT2D eigenvalue weighted by molar-refractivity contribution is 0.411. The minimum absolute atomic E-state index is 0.00413. The van der Waals surface area contributed by atoms with Gasteiger partial charge in [0.15, 0.2) is 0 Å². The van der Waals surface area contributed by atoms with Gasteiger partial charge in [0.05, 0.1) is 22.1 Å². The average molecular weight is 935 g/mol. The quantitative estimate of drug-likeness (QED) is 0.152. The van der Waals surface area contributed by atoms with Gasteiger partial charge < -0.3 is 9.13 Å². The van der Waals surface area contributed by atoms with Crippen LogP contribution in [0.4, 0.5) is 0 Å². The second kappa shape index (κ2) is 14.3. The third-order valence-electron chi connectivity index (χ3n) is 16.6. The Labute approximate surface area is 427 Å². The fourth-order valence-corrected chi connectivity index (χ4v) is 14.8. The molecule has 0 N–H and O–H groups in total. The number of nitrogens with zero attached hydrogens (tertiary/aromatic N) is 2. The van der Waals surface area contributed by atoms with Crippen LogP contribution in [0.5, 0.6) is 0 Å². The first-order valence-corrected chi connectivity index (χ1v) is 26.9. The van der Waals surface area contributed by atoms with E-state index in [1.807, 2.05) is 0 Å². The Bertz CT molecular complexity index is 3970. The standard InChI is InChI=1S/C69H67BN2/c1-65(2,3)36-40-26-27-58-48(28-40)49-30-42(38-67(7,8)9)33-56-61(49)71(58)63-47(44-20-14-13-15-21-44)35-55-64-59(63)70(56)57-34-43(39-68(10,11)12)31-51-50-29-41(37-66(4,5)6)32-54(60(50)72(64)62(51)57)69(55)52-24-18-16-22-45(52)46-23-17-19-25-53(46)69/h13-35H,36-39H2,1-12H3. The van der Waals surface area contributed by atoms with Gasteiger partial charge in [0.1, 0.15) is 0 Å². The summed E-state index contributed by atoms with van der Waals surface area (Å²) in [4.78, 5) is 0. The molecule has 2 aromatic heterocycles. The van der Waals surface area contributed by atoms with E-state index in [9.17, 15) is 0 Å². The molecule has 4 aliphatic rings. The summed E-state index contributed by atoms with van der Waals surface area (Å²) in [5, 5.41) is 5.55. The molecule has 0 saturated heterocycles. The molecule has 0 bridgehead atoms. The van der Waals surface area contributed by atoms with Gasteiger partial charge in [-0.1, -0.05) is 186 Å². The zero-order valence-electron chi connectivity index (χ0n) is 44.6. The van der Waals surface area contributed by atoms with Crippen molar-refractivity contribution in [1.82, 2.24) is 9.13 Å². The molecule has 3 heteroatoms. The van der Waals surface area contributed by atoms with Crippen LogP contribution < -0.4 is 16.4 Å². The van der Waals surface area contributed by atoms with Crippen molar-refractivity contribution in [3.8, 4) is 33.6 Å². The third kappa shape index (κ3) is 6.15. The Hall–Kier alpha value is -6.58. The van der Waals surface area contributed by atoms with Gasteiger partial charge in [0, 0.05) is 43.8 Å². The third-order valence-corrected chi connectivity index (χ3v) is 16.6. The smallest absolute Gasteiger partial charge is 0.252 e. The van der Waals surface area contributed by atoms with E-state index in [0.29, 0.717) is 0 Å². The Morgan fingerprint density at radius 1 is 0.375 bits per heavy atom. The van der Waals surface area contributed by atoms with Gasteiger partial charge in [0.25, 0.3) is 6.71 Å². The van der Waals surface area contributed by atoms with E-state index in [0.717, 1.165) is 25.7 Å². The maximum Gasteiger partial charge on any atom is 0.252 e. The molecular formula is C69H67BN2. The highest BCUT2D eigenvalue weighted by Gasteiger charge is 2.55. The molecule has 8 aromatic carbocycles. The topological polar surface area (TPSA) is 9.86 Å². The fourth-order valence-electron chi connectivity index (χ4n) is 14.8. The van der Waals surface area contributed by atoms with Crippen LogP contribution >= 0.6 is 0 Å². The number of benzene rings is 8. The first-order valence-electron chi connectivity index (χ1n) is 26.9. The normalized spacial score (nSPS) is 15.0. The fraction of sp³-hybridized carbons (Fsp3) is 0.304. The summed E-state index contributed by atoms with van der Waals surface area (Å²) < 4.78 is 5.57. The molecule has 0 atom stereocenters. The van der Waals surface area contributed by atoms with Gasteiger partial charge in [-0.15, -0.1) is 0 Å². The van der Waals surface area contributed by atoms with Gasteiger partial charge in [-0.05, 0) is 161 Å². The largest absolute Gasteiger partial charge is 0.310 e. The number of rotatable bonds is 5. The Morgan fingerprint density at radius 2 is 0.847 bits per heavy atom. The highest BCUT2D eigenvalue weighted by molar-refractivity contribution is 7.00. The van der Waals surface area contributed by atoms with E-state index in [-0.39, 0.29) is 28.4 Å². The van der Waals surface area contributed by atoms with Gasteiger partial charge >= 0.3 is 0 Å². The Morgan fingerprint density at radius 3 is 1.42 bits per heavy atom. The van der Waals surface area contributed by atoms with Crippen LogP contribution in [0.1, 0.15) is 128 Å². The van der Waals surface area contributed by atoms with Crippen molar-refractivity contribution >= 4 is 66.7 Å². The van der Waals surface area contributed by atoms with Crippen LogP contribution in [-0.2, 0) is 31.1 Å².